The maximum atomic E-state index is 10.7. The van der Waals surface area contributed by atoms with E-state index in [1.807, 2.05) is 56.3 Å². The Bertz CT molecular complexity index is 1150. The van der Waals surface area contributed by atoms with Crippen LogP contribution in [-0.2, 0) is 6.54 Å². The highest BCUT2D eigenvalue weighted by Crippen LogP contribution is 2.37. The summed E-state index contributed by atoms with van der Waals surface area (Å²) in [5.74, 6) is 0.216. The van der Waals surface area contributed by atoms with Crippen molar-refractivity contribution in [2.75, 3.05) is 0 Å². The normalized spacial score (nSPS) is 15.3. The van der Waals surface area contributed by atoms with Crippen LogP contribution in [0, 0.1) is 0 Å². The SMILES string of the molecule is CCn1c(O)c(/C=C2\C(C)=Nc3ccccc32)sc1=Nc1cccc(Cl)c1. The fourth-order valence-corrected chi connectivity index (χ4v) is 4.33. The van der Waals surface area contributed by atoms with Gasteiger partial charge in [-0.3, -0.25) is 9.56 Å². The van der Waals surface area contributed by atoms with Crippen molar-refractivity contribution < 1.29 is 5.11 Å². The summed E-state index contributed by atoms with van der Waals surface area (Å²) in [6.07, 6.45) is 1.99. The summed E-state index contributed by atoms with van der Waals surface area (Å²) < 4.78 is 1.80. The summed E-state index contributed by atoms with van der Waals surface area (Å²) in [4.78, 5) is 10.8. The van der Waals surface area contributed by atoms with E-state index in [2.05, 4.69) is 16.1 Å². The van der Waals surface area contributed by atoms with Gasteiger partial charge in [0, 0.05) is 28.4 Å². The van der Waals surface area contributed by atoms with Crippen molar-refractivity contribution >= 4 is 51.7 Å². The Morgan fingerprint density at radius 3 is 2.81 bits per heavy atom. The molecule has 0 atom stereocenters. The Labute approximate surface area is 166 Å². The van der Waals surface area contributed by atoms with Crippen LogP contribution >= 0.6 is 22.9 Å². The number of hydrogen-bond acceptors (Lipinski definition) is 4. The molecule has 0 spiro atoms. The van der Waals surface area contributed by atoms with Gasteiger partial charge in [0.05, 0.1) is 16.3 Å². The summed E-state index contributed by atoms with van der Waals surface area (Å²) in [6.45, 7) is 4.59. The lowest BCUT2D eigenvalue weighted by Gasteiger charge is -2.02. The lowest BCUT2D eigenvalue weighted by molar-refractivity contribution is 0.416. The summed E-state index contributed by atoms with van der Waals surface area (Å²) in [7, 11) is 0. The Kier molecular flexibility index (Phi) is 4.72. The van der Waals surface area contributed by atoms with E-state index < -0.39 is 0 Å². The van der Waals surface area contributed by atoms with Crippen molar-refractivity contribution in [1.82, 2.24) is 4.57 Å². The molecule has 1 N–H and O–H groups in total. The van der Waals surface area contributed by atoms with E-state index in [1.54, 1.807) is 10.6 Å². The number of aliphatic imine (C=N–C) groups is 1. The highest BCUT2D eigenvalue weighted by molar-refractivity contribution is 7.10. The third kappa shape index (κ3) is 3.36. The number of aromatic hydroxyl groups is 1. The monoisotopic (exact) mass is 395 g/mol. The zero-order chi connectivity index (χ0) is 19.0. The molecule has 0 saturated heterocycles. The fourth-order valence-electron chi connectivity index (χ4n) is 3.09. The van der Waals surface area contributed by atoms with Gasteiger partial charge in [-0.05, 0) is 44.2 Å². The molecule has 2 aromatic carbocycles. The quantitative estimate of drug-likeness (QED) is 0.597. The molecule has 0 saturated carbocycles. The van der Waals surface area contributed by atoms with E-state index in [0.717, 1.165) is 37.9 Å². The summed E-state index contributed by atoms with van der Waals surface area (Å²) in [5, 5.41) is 11.4. The maximum absolute atomic E-state index is 10.7. The number of halogens is 1. The van der Waals surface area contributed by atoms with Crippen LogP contribution in [0.3, 0.4) is 0 Å². The summed E-state index contributed by atoms with van der Waals surface area (Å²) >= 11 is 7.51. The second-order valence-electron chi connectivity index (χ2n) is 6.18. The second-order valence-corrected chi connectivity index (χ2v) is 7.63. The molecule has 27 heavy (non-hydrogen) atoms. The van der Waals surface area contributed by atoms with Gasteiger partial charge in [-0.1, -0.05) is 47.2 Å². The third-order valence-corrected chi connectivity index (χ3v) is 5.65. The van der Waals surface area contributed by atoms with Gasteiger partial charge in [0.1, 0.15) is 0 Å². The molecule has 0 bridgehead atoms. The molecule has 0 amide bonds. The molecule has 2 heterocycles. The molecular formula is C21H18ClN3OS. The van der Waals surface area contributed by atoms with Gasteiger partial charge in [-0.25, -0.2) is 4.99 Å². The first-order valence-corrected chi connectivity index (χ1v) is 9.86. The third-order valence-electron chi connectivity index (χ3n) is 4.40. The average Bonchev–Trinajstić information content (AvgIpc) is 3.12. The summed E-state index contributed by atoms with van der Waals surface area (Å²) in [5.41, 5.74) is 4.78. The van der Waals surface area contributed by atoms with Gasteiger partial charge in [-0.15, -0.1) is 0 Å². The van der Waals surface area contributed by atoms with Gasteiger partial charge < -0.3 is 5.11 Å². The topological polar surface area (TPSA) is 49.9 Å². The largest absolute Gasteiger partial charge is 0.493 e. The predicted octanol–water partition coefficient (Wildman–Crippen LogP) is 5.81. The first kappa shape index (κ1) is 17.8. The zero-order valence-corrected chi connectivity index (χ0v) is 16.6. The van der Waals surface area contributed by atoms with Gasteiger partial charge in [0.2, 0.25) is 5.88 Å². The highest BCUT2D eigenvalue weighted by atomic mass is 35.5. The molecule has 3 aromatic rings. The average molecular weight is 396 g/mol. The first-order valence-electron chi connectivity index (χ1n) is 8.66. The van der Waals surface area contributed by atoms with E-state index in [-0.39, 0.29) is 5.88 Å². The van der Waals surface area contributed by atoms with Crippen molar-refractivity contribution in [2.24, 2.45) is 9.98 Å². The van der Waals surface area contributed by atoms with Crippen molar-refractivity contribution in [1.29, 1.82) is 0 Å². The Morgan fingerprint density at radius 1 is 1.22 bits per heavy atom. The minimum Gasteiger partial charge on any atom is -0.493 e. The Balaban J connectivity index is 1.84. The zero-order valence-electron chi connectivity index (χ0n) is 15.0. The van der Waals surface area contributed by atoms with Crippen LogP contribution in [0.1, 0.15) is 24.3 Å². The van der Waals surface area contributed by atoms with Gasteiger partial charge in [-0.2, -0.15) is 0 Å². The van der Waals surface area contributed by atoms with Crippen LogP contribution in [0.2, 0.25) is 5.02 Å². The van der Waals surface area contributed by atoms with Gasteiger partial charge >= 0.3 is 0 Å². The lowest BCUT2D eigenvalue weighted by Crippen LogP contribution is -2.12. The molecular weight excluding hydrogens is 378 g/mol. The van der Waals surface area contributed by atoms with Crippen molar-refractivity contribution in [3.63, 3.8) is 0 Å². The molecule has 6 heteroatoms. The number of thiazole rings is 1. The molecule has 0 fully saturated rings. The van der Waals surface area contributed by atoms with Crippen LogP contribution in [0.4, 0.5) is 11.4 Å². The van der Waals surface area contributed by atoms with Crippen molar-refractivity contribution in [3.05, 3.63) is 68.8 Å². The molecule has 0 unspecified atom stereocenters. The minimum atomic E-state index is 0.216. The standard InChI is InChI=1S/C21H18ClN3OS/c1-3-25-20(26)19(27-21(25)24-15-8-6-7-14(22)11-15)12-17-13(2)23-18-10-5-4-9-16(17)18/h4-12,26H,3H2,1-2H3/b17-12+,24-21?. The Hall–Kier alpha value is -2.63. The summed E-state index contributed by atoms with van der Waals surface area (Å²) in [6, 6.07) is 15.4. The van der Waals surface area contributed by atoms with Crippen LogP contribution in [-0.4, -0.2) is 15.4 Å². The molecule has 1 aliphatic heterocycles. The van der Waals surface area contributed by atoms with Gasteiger partial charge in [0.15, 0.2) is 4.80 Å². The molecule has 1 aromatic heterocycles. The lowest BCUT2D eigenvalue weighted by atomic mass is 10.0. The van der Waals surface area contributed by atoms with Crippen LogP contribution in [0.5, 0.6) is 5.88 Å². The number of para-hydroxylation sites is 1. The molecule has 4 rings (SSSR count). The molecule has 136 valence electrons. The van der Waals surface area contributed by atoms with Crippen LogP contribution < -0.4 is 4.80 Å². The van der Waals surface area contributed by atoms with Crippen LogP contribution in [0.25, 0.3) is 11.6 Å². The second kappa shape index (κ2) is 7.18. The smallest absolute Gasteiger partial charge is 0.211 e. The van der Waals surface area contributed by atoms with Crippen LogP contribution in [0.15, 0.2) is 58.5 Å². The number of allylic oxidation sites excluding steroid dienone is 1. The molecule has 4 nitrogen and oxygen atoms in total. The number of benzene rings is 2. The predicted molar refractivity (Wildman–Crippen MR) is 113 cm³/mol. The number of hydrogen-bond donors (Lipinski definition) is 1. The van der Waals surface area contributed by atoms with Crippen molar-refractivity contribution in [2.45, 2.75) is 20.4 Å². The Morgan fingerprint density at radius 2 is 2.04 bits per heavy atom. The number of rotatable bonds is 3. The minimum absolute atomic E-state index is 0.216. The highest BCUT2D eigenvalue weighted by Gasteiger charge is 2.19. The fraction of sp³-hybridized carbons (Fsp3) is 0.143. The first-order chi connectivity index (χ1) is 13.1. The van der Waals surface area contributed by atoms with Gasteiger partial charge in [0.25, 0.3) is 0 Å². The molecule has 0 radical (unpaired) electrons. The van der Waals surface area contributed by atoms with E-state index in [4.69, 9.17) is 11.6 Å². The van der Waals surface area contributed by atoms with E-state index in [1.165, 1.54) is 11.3 Å². The number of aromatic nitrogens is 1. The molecule has 0 aliphatic carbocycles. The van der Waals surface area contributed by atoms with E-state index in [0.29, 0.717) is 11.6 Å². The molecule has 1 aliphatic rings. The number of fused-ring (bicyclic) bond motifs is 1. The number of nitrogens with zero attached hydrogens (tertiary/aromatic N) is 3. The van der Waals surface area contributed by atoms with Crippen molar-refractivity contribution in [3.8, 4) is 5.88 Å². The maximum Gasteiger partial charge on any atom is 0.211 e. The van der Waals surface area contributed by atoms with E-state index >= 15 is 0 Å². The van der Waals surface area contributed by atoms with E-state index in [9.17, 15) is 5.11 Å².